The minimum absolute atomic E-state index is 0.0744. The Balaban J connectivity index is 1.88. The Morgan fingerprint density at radius 3 is 2.23 bits per heavy atom. The second-order valence-electron chi connectivity index (χ2n) is 5.77. The number of amides is 1. The van der Waals surface area contributed by atoms with Crippen LogP contribution < -0.4 is 10.3 Å². The minimum atomic E-state index is 0.0744. The van der Waals surface area contributed by atoms with Gasteiger partial charge in [0.25, 0.3) is 0 Å². The first-order valence-corrected chi connectivity index (χ1v) is 7.70. The first kappa shape index (κ1) is 14.6. The second-order valence-corrected chi connectivity index (χ2v) is 5.77. The summed E-state index contributed by atoms with van der Waals surface area (Å²) in [5, 5.41) is 6.18. The fourth-order valence-corrected chi connectivity index (χ4v) is 3.19. The Hall–Kier alpha value is -2.33. The molecule has 2 atom stereocenters. The molecule has 1 fully saturated rings. The van der Waals surface area contributed by atoms with E-state index in [0.717, 1.165) is 17.8 Å². The summed E-state index contributed by atoms with van der Waals surface area (Å²) in [6.45, 7) is 3.81. The van der Waals surface area contributed by atoms with Gasteiger partial charge in [0.15, 0.2) is 6.17 Å². The van der Waals surface area contributed by atoms with Crippen molar-refractivity contribution in [3.8, 4) is 0 Å². The third-order valence-electron chi connectivity index (χ3n) is 4.07. The molecule has 4 nitrogen and oxygen atoms in total. The van der Waals surface area contributed by atoms with Crippen LogP contribution in [0.25, 0.3) is 0 Å². The van der Waals surface area contributed by atoms with Gasteiger partial charge in [-0.05, 0) is 31.2 Å². The highest BCUT2D eigenvalue weighted by molar-refractivity contribution is 5.76. The molecule has 1 aliphatic rings. The predicted molar refractivity (Wildman–Crippen MR) is 87.3 cm³/mol. The Morgan fingerprint density at radius 1 is 1.05 bits per heavy atom. The highest BCUT2D eigenvalue weighted by atomic mass is 16.2. The van der Waals surface area contributed by atoms with E-state index < -0.39 is 0 Å². The third-order valence-corrected chi connectivity index (χ3v) is 4.07. The van der Waals surface area contributed by atoms with Crippen LogP contribution in [-0.2, 0) is 4.79 Å². The zero-order chi connectivity index (χ0) is 15.5. The number of hydrogen-bond donors (Lipinski definition) is 1. The Bertz CT molecular complexity index is 629. The quantitative estimate of drug-likeness (QED) is 0.883. The van der Waals surface area contributed by atoms with E-state index >= 15 is 0 Å². The monoisotopic (exact) mass is 296 g/mol. The van der Waals surface area contributed by atoms with Gasteiger partial charge in [0.2, 0.25) is 5.91 Å². The number of anilines is 1. The van der Waals surface area contributed by atoms with E-state index in [-0.39, 0.29) is 18.1 Å². The average molecular weight is 296 g/mol. The van der Waals surface area contributed by atoms with Crippen LogP contribution in [0, 0.1) is 0 Å². The lowest BCUT2D eigenvalue weighted by Crippen LogP contribution is -2.88. The number of quaternary nitrogens is 1. The van der Waals surface area contributed by atoms with Gasteiger partial charge in [-0.3, -0.25) is 15.1 Å². The number of rotatable bonds is 3. The van der Waals surface area contributed by atoms with Crippen molar-refractivity contribution in [2.24, 2.45) is 0 Å². The Morgan fingerprint density at radius 2 is 1.64 bits per heavy atom. The number of carbonyl (C=O) groups excluding carboxylic acids is 1. The predicted octanol–water partition coefficient (Wildman–Crippen LogP) is 2.27. The van der Waals surface area contributed by atoms with Crippen LogP contribution in [0.4, 0.5) is 11.4 Å². The summed E-state index contributed by atoms with van der Waals surface area (Å²) in [6.07, 6.45) is 1.03. The molecule has 2 aromatic rings. The molecule has 0 aromatic heterocycles. The average Bonchev–Trinajstić information content (AvgIpc) is 2.85. The topological polar surface area (TPSA) is 40.2 Å². The number of nitrogens with zero attached hydrogens (tertiary/aromatic N) is 2. The van der Waals surface area contributed by atoms with Gasteiger partial charge in [0.1, 0.15) is 5.69 Å². The summed E-state index contributed by atoms with van der Waals surface area (Å²) >= 11 is 0. The summed E-state index contributed by atoms with van der Waals surface area (Å²) in [6, 6.07) is 20.6. The first-order chi connectivity index (χ1) is 10.7. The van der Waals surface area contributed by atoms with E-state index in [0.29, 0.717) is 0 Å². The van der Waals surface area contributed by atoms with Gasteiger partial charge in [0.05, 0.1) is 11.7 Å². The lowest BCUT2D eigenvalue weighted by molar-refractivity contribution is -0.628. The molecule has 2 aromatic carbocycles. The minimum Gasteiger partial charge on any atom is -0.293 e. The first-order valence-electron chi connectivity index (χ1n) is 7.70. The van der Waals surface area contributed by atoms with Gasteiger partial charge in [-0.15, -0.1) is 0 Å². The fraction of sp³-hybridized carbons (Fsp3) is 0.278. The maximum Gasteiger partial charge on any atom is 0.242 e. The normalized spacial score (nSPS) is 21.2. The van der Waals surface area contributed by atoms with Crippen molar-refractivity contribution in [2.45, 2.75) is 32.5 Å². The molecule has 1 amide bonds. The highest BCUT2D eigenvalue weighted by Gasteiger charge is 2.41. The van der Waals surface area contributed by atoms with Crippen molar-refractivity contribution in [2.75, 3.05) is 5.01 Å². The van der Waals surface area contributed by atoms with Crippen LogP contribution in [0.5, 0.6) is 0 Å². The molecular formula is C18H22N3O+. The van der Waals surface area contributed by atoms with Crippen molar-refractivity contribution in [1.29, 1.82) is 0 Å². The van der Waals surface area contributed by atoms with E-state index in [1.54, 1.807) is 6.92 Å². The highest BCUT2D eigenvalue weighted by Crippen LogP contribution is 2.28. The number of nitrogens with two attached hydrogens (primary N) is 1. The fourth-order valence-electron chi connectivity index (χ4n) is 3.19. The lowest BCUT2D eigenvalue weighted by Gasteiger charge is -2.33. The molecule has 1 saturated heterocycles. The molecule has 114 valence electrons. The molecule has 3 rings (SSSR count). The molecule has 22 heavy (non-hydrogen) atoms. The molecule has 0 unspecified atom stereocenters. The van der Waals surface area contributed by atoms with E-state index in [2.05, 4.69) is 41.5 Å². The maximum absolute atomic E-state index is 12.2. The van der Waals surface area contributed by atoms with Crippen LogP contribution >= 0.6 is 0 Å². The van der Waals surface area contributed by atoms with Gasteiger partial charge in [-0.25, -0.2) is 0 Å². The second kappa shape index (κ2) is 6.20. The summed E-state index contributed by atoms with van der Waals surface area (Å²) in [5.74, 6) is 0.0744. The zero-order valence-corrected chi connectivity index (χ0v) is 13.0. The van der Waals surface area contributed by atoms with Gasteiger partial charge in [-0.2, -0.15) is 5.01 Å². The Labute approximate surface area is 131 Å². The number of para-hydroxylation sites is 2. The summed E-state index contributed by atoms with van der Waals surface area (Å²) in [7, 11) is 0. The Kier molecular flexibility index (Phi) is 4.11. The molecule has 1 heterocycles. The molecule has 0 aliphatic carbocycles. The van der Waals surface area contributed by atoms with Crippen molar-refractivity contribution >= 4 is 17.3 Å². The van der Waals surface area contributed by atoms with Crippen molar-refractivity contribution in [3.63, 3.8) is 0 Å². The van der Waals surface area contributed by atoms with Gasteiger partial charge in [-0.1, -0.05) is 36.4 Å². The van der Waals surface area contributed by atoms with Gasteiger partial charge < -0.3 is 0 Å². The number of benzene rings is 2. The summed E-state index contributed by atoms with van der Waals surface area (Å²) in [4.78, 5) is 12.2. The molecular weight excluding hydrogens is 274 g/mol. The van der Waals surface area contributed by atoms with Crippen molar-refractivity contribution in [1.82, 2.24) is 5.01 Å². The lowest BCUT2D eigenvalue weighted by atomic mass is 10.2. The summed E-state index contributed by atoms with van der Waals surface area (Å²) in [5.41, 5.74) is 2.22. The van der Waals surface area contributed by atoms with E-state index in [9.17, 15) is 4.79 Å². The van der Waals surface area contributed by atoms with E-state index in [4.69, 9.17) is 0 Å². The molecule has 1 aliphatic heterocycles. The van der Waals surface area contributed by atoms with Crippen LogP contribution in [0.1, 0.15) is 20.3 Å². The summed E-state index contributed by atoms with van der Waals surface area (Å²) < 4.78 is 0. The third kappa shape index (κ3) is 2.83. The molecule has 4 heteroatoms. The van der Waals surface area contributed by atoms with Crippen LogP contribution in [0.3, 0.4) is 0 Å². The number of hydrogen-bond acceptors (Lipinski definition) is 2. The smallest absolute Gasteiger partial charge is 0.242 e. The number of carbonyl (C=O) groups is 1. The molecule has 2 N–H and O–H groups in total. The van der Waals surface area contributed by atoms with Crippen LogP contribution in [-0.4, -0.2) is 23.1 Å². The molecule has 0 bridgehead atoms. The molecule has 0 spiro atoms. The van der Waals surface area contributed by atoms with Crippen LogP contribution in [0.2, 0.25) is 0 Å². The zero-order valence-electron chi connectivity index (χ0n) is 13.0. The van der Waals surface area contributed by atoms with Gasteiger partial charge in [0, 0.05) is 13.3 Å². The van der Waals surface area contributed by atoms with Crippen molar-refractivity contribution in [3.05, 3.63) is 60.7 Å². The SMILES string of the molecule is CC(=O)N1[C@@H]([NH2+]c2ccccc2)C[C@H](C)N1c1ccccc1. The van der Waals surface area contributed by atoms with E-state index in [1.807, 2.05) is 41.4 Å². The van der Waals surface area contributed by atoms with Crippen LogP contribution in [0.15, 0.2) is 60.7 Å². The maximum atomic E-state index is 12.2. The van der Waals surface area contributed by atoms with Gasteiger partial charge >= 0.3 is 0 Å². The standard InChI is InChI=1S/C18H21N3O/c1-14-13-18(19-16-9-5-3-6-10-16)21(15(2)22)20(14)17-11-7-4-8-12-17/h3-12,14,18-19H,13H2,1-2H3/p+1/t14-,18+/m0/s1. The largest absolute Gasteiger partial charge is 0.293 e. The van der Waals surface area contributed by atoms with E-state index in [1.165, 1.54) is 0 Å². The van der Waals surface area contributed by atoms with Crippen molar-refractivity contribution < 1.29 is 10.1 Å². The number of hydrazine groups is 1. The molecule has 0 radical (unpaired) electrons. The molecule has 0 saturated carbocycles.